The van der Waals surface area contributed by atoms with E-state index >= 15 is 0 Å². The topological polar surface area (TPSA) is 111 Å². The van der Waals surface area contributed by atoms with E-state index in [1.807, 2.05) is 21.1 Å². The number of likely N-dealkylation sites (N-methyl/N-ethyl adjacent to an activating group) is 1. The molecule has 0 aromatic rings. The monoisotopic (exact) mass is 1020 g/mol. The molecule has 9 nitrogen and oxygen atoms in total. The highest BCUT2D eigenvalue weighted by Gasteiger charge is 2.22. The number of ether oxygens (including phenoxy) is 4. The molecule has 0 radical (unpaired) electrons. The Balaban J connectivity index is 4.09. The lowest BCUT2D eigenvalue weighted by atomic mass is 10.0. The summed E-state index contributed by atoms with van der Waals surface area (Å²) in [6.45, 7) is 4.78. The van der Waals surface area contributed by atoms with Crippen LogP contribution in [0.15, 0.2) is 24.3 Å². The van der Waals surface area contributed by atoms with Crippen molar-refractivity contribution in [3.63, 3.8) is 0 Å². The maximum atomic E-state index is 12.9. The van der Waals surface area contributed by atoms with Gasteiger partial charge in [0.25, 0.3) is 0 Å². The van der Waals surface area contributed by atoms with Gasteiger partial charge in [0, 0.05) is 12.8 Å². The lowest BCUT2D eigenvalue weighted by molar-refractivity contribution is -0.870. The first-order chi connectivity index (χ1) is 35.1. The zero-order valence-electron chi connectivity index (χ0n) is 48.3. The van der Waals surface area contributed by atoms with Crippen molar-refractivity contribution in [1.29, 1.82) is 0 Å². The van der Waals surface area contributed by atoms with Crippen molar-refractivity contribution in [2.75, 3.05) is 47.5 Å². The molecule has 0 bridgehead atoms. The number of rotatable bonds is 58. The van der Waals surface area contributed by atoms with Crippen LogP contribution in [0.2, 0.25) is 0 Å². The summed E-state index contributed by atoms with van der Waals surface area (Å²) in [6, 6.07) is 0. The fraction of sp³-hybridized carbons (Fsp3) is 0.889. The van der Waals surface area contributed by atoms with Gasteiger partial charge in [-0.05, 0) is 64.2 Å². The summed E-state index contributed by atoms with van der Waals surface area (Å²) in [5, 5.41) is 11.8. The Hall–Kier alpha value is -2.23. The Morgan fingerprint density at radius 2 is 0.708 bits per heavy atom. The van der Waals surface area contributed by atoms with Crippen molar-refractivity contribution in [3.8, 4) is 0 Å². The SMILES string of the molecule is CCCCCCCCC/C=C\CCCCCCCC(=O)OCC(COC(OCC[N+](C)(C)C)C(=O)[O-])OC(=O)CCCCCCCCCCCCCCCCCCCCC/C=C\CCCCCCCCCC. The molecule has 0 saturated heterocycles. The standard InChI is InChI=1S/C63H119NO8/c1-6-8-10-12-14-16-18-20-22-24-25-26-27-28-29-30-31-32-33-34-35-36-37-38-40-42-44-46-48-50-52-54-61(66)72-59(58-71-63(62(67)68)69-56-55-64(3,4)5)57-70-60(65)53-51-49-47-45-43-41-39-23-21-19-17-15-13-11-9-7-2/h23-25,39,59,63H,6-22,26-38,40-58H2,1-5H3/b25-24-,39-23-. The molecule has 0 aliphatic heterocycles. The highest BCUT2D eigenvalue weighted by atomic mass is 16.7. The number of carboxylic acids is 1. The molecule has 0 aliphatic carbocycles. The van der Waals surface area contributed by atoms with Crippen LogP contribution in [0.3, 0.4) is 0 Å². The van der Waals surface area contributed by atoms with Crippen molar-refractivity contribution in [2.45, 2.75) is 315 Å². The first-order valence-electron chi connectivity index (χ1n) is 31.0. The van der Waals surface area contributed by atoms with E-state index in [0.717, 1.165) is 57.8 Å². The van der Waals surface area contributed by atoms with E-state index < -0.39 is 24.3 Å². The Morgan fingerprint density at radius 3 is 1.03 bits per heavy atom. The van der Waals surface area contributed by atoms with Gasteiger partial charge in [-0.15, -0.1) is 0 Å². The van der Waals surface area contributed by atoms with E-state index in [1.165, 1.54) is 218 Å². The van der Waals surface area contributed by atoms with Gasteiger partial charge in [-0.2, -0.15) is 0 Å². The molecule has 2 unspecified atom stereocenters. The van der Waals surface area contributed by atoms with Crippen LogP contribution in [0, 0.1) is 0 Å². The quantitative estimate of drug-likeness (QED) is 0.0195. The van der Waals surface area contributed by atoms with Gasteiger partial charge < -0.3 is 33.3 Å². The van der Waals surface area contributed by atoms with E-state index in [4.69, 9.17) is 18.9 Å². The minimum absolute atomic E-state index is 0.149. The van der Waals surface area contributed by atoms with Crippen LogP contribution in [0.4, 0.5) is 0 Å². The third-order valence-electron chi connectivity index (χ3n) is 13.9. The third kappa shape index (κ3) is 55.5. The molecule has 0 heterocycles. The van der Waals surface area contributed by atoms with Gasteiger partial charge in [0.1, 0.15) is 13.2 Å². The summed E-state index contributed by atoms with van der Waals surface area (Å²) < 4.78 is 22.7. The van der Waals surface area contributed by atoms with Gasteiger partial charge in [-0.25, -0.2) is 0 Å². The van der Waals surface area contributed by atoms with Crippen LogP contribution in [-0.4, -0.2) is 82.3 Å². The van der Waals surface area contributed by atoms with Gasteiger partial charge in [0.2, 0.25) is 0 Å². The molecule has 0 aromatic heterocycles. The number of allylic oxidation sites excluding steroid dienone is 4. The molecule has 0 rings (SSSR count). The lowest BCUT2D eigenvalue weighted by Gasteiger charge is -2.26. The number of quaternary nitrogens is 1. The zero-order chi connectivity index (χ0) is 52.7. The molecule has 0 N–H and O–H groups in total. The predicted molar refractivity (Wildman–Crippen MR) is 302 cm³/mol. The maximum absolute atomic E-state index is 12.9. The summed E-state index contributed by atoms with van der Waals surface area (Å²) in [6.07, 6.45) is 62.5. The zero-order valence-corrected chi connectivity index (χ0v) is 48.3. The number of unbranched alkanes of at least 4 members (excludes halogenated alkanes) is 39. The summed E-state index contributed by atoms with van der Waals surface area (Å²) in [7, 11) is 5.93. The van der Waals surface area contributed by atoms with Crippen LogP contribution >= 0.6 is 0 Å². The number of esters is 2. The average molecular weight is 1020 g/mol. The fourth-order valence-electron chi connectivity index (χ4n) is 9.12. The first kappa shape index (κ1) is 69.8. The number of nitrogens with zero attached hydrogens (tertiary/aromatic N) is 1. The number of hydrogen-bond donors (Lipinski definition) is 0. The van der Waals surface area contributed by atoms with Gasteiger partial charge in [-0.1, -0.05) is 250 Å². The summed E-state index contributed by atoms with van der Waals surface area (Å²) in [5.74, 6) is -2.27. The van der Waals surface area contributed by atoms with Crippen LogP contribution in [0.5, 0.6) is 0 Å². The van der Waals surface area contributed by atoms with Gasteiger partial charge >= 0.3 is 11.9 Å². The number of carbonyl (C=O) groups is 3. The Kier molecular flexibility index (Phi) is 53.3. The van der Waals surface area contributed by atoms with Crippen LogP contribution < -0.4 is 5.11 Å². The first-order valence-corrected chi connectivity index (χ1v) is 31.0. The number of hydrogen-bond acceptors (Lipinski definition) is 8. The highest BCUT2D eigenvalue weighted by molar-refractivity contribution is 5.70. The van der Waals surface area contributed by atoms with Gasteiger partial charge in [-0.3, -0.25) is 9.59 Å². The lowest BCUT2D eigenvalue weighted by Crippen LogP contribution is -2.44. The number of carbonyl (C=O) groups excluding carboxylic acids is 3. The Labute approximate surface area is 446 Å². The molecule has 2 atom stereocenters. The van der Waals surface area contributed by atoms with E-state index in [0.29, 0.717) is 11.0 Å². The van der Waals surface area contributed by atoms with Crippen molar-refractivity contribution in [1.82, 2.24) is 0 Å². The molecular formula is C63H119NO8. The summed E-state index contributed by atoms with van der Waals surface area (Å²) in [5.41, 5.74) is 0. The van der Waals surface area contributed by atoms with Gasteiger partial charge in [0.05, 0.1) is 40.3 Å². The molecule has 424 valence electrons. The number of carboxylic acid groups (broad SMARTS) is 1. The average Bonchev–Trinajstić information content (AvgIpc) is 3.35. The summed E-state index contributed by atoms with van der Waals surface area (Å²) >= 11 is 0. The normalized spacial score (nSPS) is 12.8. The molecule has 72 heavy (non-hydrogen) atoms. The largest absolute Gasteiger partial charge is 0.545 e. The Bertz CT molecular complexity index is 1230. The second kappa shape index (κ2) is 55.0. The second-order valence-corrected chi connectivity index (χ2v) is 22.3. The molecule has 0 amide bonds. The van der Waals surface area contributed by atoms with Crippen LogP contribution in [0.25, 0.3) is 0 Å². The smallest absolute Gasteiger partial charge is 0.306 e. The Morgan fingerprint density at radius 1 is 0.403 bits per heavy atom. The van der Waals surface area contributed by atoms with E-state index in [9.17, 15) is 19.5 Å². The number of aliphatic carboxylic acids is 1. The van der Waals surface area contributed by atoms with Gasteiger partial charge in [0.15, 0.2) is 12.4 Å². The molecule has 0 saturated carbocycles. The van der Waals surface area contributed by atoms with Crippen molar-refractivity contribution >= 4 is 17.9 Å². The highest BCUT2D eigenvalue weighted by Crippen LogP contribution is 2.17. The van der Waals surface area contributed by atoms with E-state index in [-0.39, 0.29) is 38.6 Å². The molecular weight excluding hydrogens is 899 g/mol. The molecule has 0 aliphatic rings. The van der Waals surface area contributed by atoms with Crippen LogP contribution in [0.1, 0.15) is 303 Å². The fourth-order valence-corrected chi connectivity index (χ4v) is 9.12. The predicted octanol–water partition coefficient (Wildman–Crippen LogP) is 17.0. The van der Waals surface area contributed by atoms with Crippen LogP contribution in [-0.2, 0) is 33.3 Å². The molecule has 0 aromatic carbocycles. The van der Waals surface area contributed by atoms with E-state index in [1.54, 1.807) is 0 Å². The minimum atomic E-state index is -1.62. The third-order valence-corrected chi connectivity index (χ3v) is 13.9. The molecule has 0 fully saturated rings. The minimum Gasteiger partial charge on any atom is -0.545 e. The summed E-state index contributed by atoms with van der Waals surface area (Å²) in [4.78, 5) is 37.3. The molecule has 0 spiro atoms. The van der Waals surface area contributed by atoms with Crippen molar-refractivity contribution in [3.05, 3.63) is 24.3 Å². The molecule has 9 heteroatoms. The van der Waals surface area contributed by atoms with Crippen molar-refractivity contribution < 1.29 is 42.9 Å². The van der Waals surface area contributed by atoms with E-state index in [2.05, 4.69) is 38.2 Å². The maximum Gasteiger partial charge on any atom is 0.306 e. The second-order valence-electron chi connectivity index (χ2n) is 22.3. The van der Waals surface area contributed by atoms with Crippen molar-refractivity contribution in [2.24, 2.45) is 0 Å².